The van der Waals surface area contributed by atoms with Crippen LogP contribution in [0.2, 0.25) is 0 Å². The summed E-state index contributed by atoms with van der Waals surface area (Å²) >= 11 is 0. The number of imidazole rings is 1. The van der Waals surface area contributed by atoms with E-state index in [0.29, 0.717) is 22.9 Å². The van der Waals surface area contributed by atoms with Gasteiger partial charge in [-0.15, -0.1) is 10.2 Å². The number of piperidine rings is 1. The van der Waals surface area contributed by atoms with Crippen molar-refractivity contribution >= 4 is 28.7 Å². The molecule has 0 radical (unpaired) electrons. The standard InChI is InChI=1S/C22H22N8O/c31-22(27-21-19-20(24-13-23-19)25-14-26-21)17-6-7-18(29-28-17)30-10-8-16(9-11-30)12-15-4-2-1-3-5-15/h1-7,13-14,16H,8-12H2,(H2,23,24,25,26,27,31). The Labute approximate surface area is 179 Å². The number of carbonyl (C=O) groups excluding carboxylic acids is 1. The molecule has 2 N–H and O–H groups in total. The van der Waals surface area contributed by atoms with Gasteiger partial charge in [-0.25, -0.2) is 15.0 Å². The summed E-state index contributed by atoms with van der Waals surface area (Å²) in [7, 11) is 0. The number of amides is 1. The lowest BCUT2D eigenvalue weighted by Gasteiger charge is -2.32. The third-order valence-electron chi connectivity index (χ3n) is 5.64. The van der Waals surface area contributed by atoms with Gasteiger partial charge < -0.3 is 15.2 Å². The fraction of sp³-hybridized carbons (Fsp3) is 0.273. The van der Waals surface area contributed by atoms with Gasteiger partial charge >= 0.3 is 0 Å². The molecule has 0 spiro atoms. The van der Waals surface area contributed by atoms with Crippen LogP contribution < -0.4 is 10.2 Å². The van der Waals surface area contributed by atoms with Crippen molar-refractivity contribution in [2.24, 2.45) is 5.92 Å². The van der Waals surface area contributed by atoms with Crippen molar-refractivity contribution in [3.8, 4) is 0 Å². The summed E-state index contributed by atoms with van der Waals surface area (Å²) in [6.07, 6.45) is 6.22. The second kappa shape index (κ2) is 8.47. The molecule has 0 bridgehead atoms. The highest BCUT2D eigenvalue weighted by Crippen LogP contribution is 2.24. The molecule has 156 valence electrons. The Bertz CT molecular complexity index is 1170. The maximum atomic E-state index is 12.6. The molecular weight excluding hydrogens is 392 g/mol. The molecule has 0 atom stereocenters. The van der Waals surface area contributed by atoms with E-state index in [-0.39, 0.29) is 11.6 Å². The Morgan fingerprint density at radius 2 is 1.87 bits per heavy atom. The number of aromatic nitrogens is 6. The predicted octanol–water partition coefficient (Wildman–Crippen LogP) is 2.85. The quantitative estimate of drug-likeness (QED) is 0.516. The van der Waals surface area contributed by atoms with Crippen LogP contribution in [0.1, 0.15) is 28.9 Å². The van der Waals surface area contributed by atoms with Crippen LogP contribution in [0, 0.1) is 5.92 Å². The van der Waals surface area contributed by atoms with Crippen molar-refractivity contribution in [2.45, 2.75) is 19.3 Å². The van der Waals surface area contributed by atoms with Crippen LogP contribution in [0.4, 0.5) is 11.6 Å². The first-order chi connectivity index (χ1) is 15.3. The summed E-state index contributed by atoms with van der Waals surface area (Å²) in [5.74, 6) is 1.46. The highest BCUT2D eigenvalue weighted by molar-refractivity contribution is 6.05. The van der Waals surface area contributed by atoms with Crippen molar-refractivity contribution in [1.82, 2.24) is 30.1 Å². The smallest absolute Gasteiger partial charge is 0.277 e. The molecule has 4 heterocycles. The molecule has 0 saturated carbocycles. The molecule has 1 aliphatic heterocycles. The van der Waals surface area contributed by atoms with E-state index in [1.54, 1.807) is 6.07 Å². The zero-order valence-electron chi connectivity index (χ0n) is 16.9. The molecule has 5 rings (SSSR count). The second-order valence-electron chi connectivity index (χ2n) is 7.67. The summed E-state index contributed by atoms with van der Waals surface area (Å²) < 4.78 is 0. The summed E-state index contributed by atoms with van der Waals surface area (Å²) in [6.45, 7) is 1.88. The molecule has 1 fully saturated rings. The number of H-pyrrole nitrogens is 1. The topological polar surface area (TPSA) is 113 Å². The van der Waals surface area contributed by atoms with Crippen molar-refractivity contribution in [2.75, 3.05) is 23.3 Å². The van der Waals surface area contributed by atoms with Crippen molar-refractivity contribution in [3.05, 3.63) is 66.4 Å². The molecule has 1 saturated heterocycles. The van der Waals surface area contributed by atoms with Gasteiger partial charge in [0.15, 0.2) is 23.0 Å². The first kappa shape index (κ1) is 19.1. The molecular formula is C22H22N8O. The van der Waals surface area contributed by atoms with E-state index in [4.69, 9.17) is 0 Å². The maximum absolute atomic E-state index is 12.6. The lowest BCUT2D eigenvalue weighted by Crippen LogP contribution is -2.35. The highest BCUT2D eigenvalue weighted by Gasteiger charge is 2.21. The van der Waals surface area contributed by atoms with Crippen molar-refractivity contribution in [3.63, 3.8) is 0 Å². The van der Waals surface area contributed by atoms with Crippen molar-refractivity contribution in [1.29, 1.82) is 0 Å². The molecule has 1 aliphatic rings. The zero-order chi connectivity index (χ0) is 21.0. The normalized spacial score (nSPS) is 14.6. The van der Waals surface area contributed by atoms with E-state index in [1.807, 2.05) is 6.07 Å². The molecule has 0 unspecified atom stereocenters. The fourth-order valence-electron chi connectivity index (χ4n) is 3.96. The minimum Gasteiger partial charge on any atom is -0.355 e. The van der Waals surface area contributed by atoms with E-state index in [1.165, 1.54) is 18.2 Å². The molecule has 1 amide bonds. The van der Waals surface area contributed by atoms with Gasteiger partial charge in [0.25, 0.3) is 5.91 Å². The minimum absolute atomic E-state index is 0.231. The van der Waals surface area contributed by atoms with Crippen molar-refractivity contribution < 1.29 is 4.79 Å². The minimum atomic E-state index is -0.379. The number of benzene rings is 1. The van der Waals surface area contributed by atoms with E-state index < -0.39 is 0 Å². The number of anilines is 2. The Morgan fingerprint density at radius 1 is 1.03 bits per heavy atom. The van der Waals surface area contributed by atoms with E-state index >= 15 is 0 Å². The van der Waals surface area contributed by atoms with E-state index in [9.17, 15) is 4.79 Å². The molecule has 31 heavy (non-hydrogen) atoms. The fourth-order valence-corrected chi connectivity index (χ4v) is 3.96. The number of hydrogen-bond acceptors (Lipinski definition) is 7. The summed E-state index contributed by atoms with van der Waals surface area (Å²) in [5, 5.41) is 11.2. The van der Waals surface area contributed by atoms with Gasteiger partial charge in [0.2, 0.25) is 0 Å². The zero-order valence-corrected chi connectivity index (χ0v) is 16.9. The molecule has 0 aliphatic carbocycles. The third-order valence-corrected chi connectivity index (χ3v) is 5.64. The average Bonchev–Trinajstić information content (AvgIpc) is 3.30. The van der Waals surface area contributed by atoms with Crippen LogP contribution >= 0.6 is 0 Å². The summed E-state index contributed by atoms with van der Waals surface area (Å²) in [6, 6.07) is 14.2. The van der Waals surface area contributed by atoms with E-state index in [0.717, 1.165) is 38.2 Å². The van der Waals surface area contributed by atoms with E-state index in [2.05, 4.69) is 70.7 Å². The summed E-state index contributed by atoms with van der Waals surface area (Å²) in [4.78, 5) is 29.9. The van der Waals surface area contributed by atoms with Crippen LogP contribution in [0.25, 0.3) is 11.2 Å². The number of aromatic amines is 1. The summed E-state index contributed by atoms with van der Waals surface area (Å²) in [5.41, 5.74) is 2.68. The largest absolute Gasteiger partial charge is 0.355 e. The number of fused-ring (bicyclic) bond motifs is 1. The van der Waals surface area contributed by atoms with Gasteiger partial charge in [-0.2, -0.15) is 0 Å². The highest BCUT2D eigenvalue weighted by atomic mass is 16.2. The Morgan fingerprint density at radius 3 is 2.65 bits per heavy atom. The van der Waals surface area contributed by atoms with Crippen LogP contribution in [-0.2, 0) is 6.42 Å². The molecule has 3 aromatic heterocycles. The van der Waals surface area contributed by atoms with Gasteiger partial charge in [-0.05, 0) is 42.9 Å². The lowest BCUT2D eigenvalue weighted by atomic mass is 9.90. The van der Waals surface area contributed by atoms with Crippen LogP contribution in [0.3, 0.4) is 0 Å². The van der Waals surface area contributed by atoms with Crippen LogP contribution in [0.15, 0.2) is 55.1 Å². The van der Waals surface area contributed by atoms with Crippen LogP contribution in [0.5, 0.6) is 0 Å². The first-order valence-electron chi connectivity index (χ1n) is 10.3. The number of carbonyl (C=O) groups is 1. The van der Waals surface area contributed by atoms with Gasteiger partial charge in [-0.1, -0.05) is 30.3 Å². The molecule has 9 nitrogen and oxygen atoms in total. The van der Waals surface area contributed by atoms with Crippen LogP contribution in [-0.4, -0.2) is 49.1 Å². The predicted molar refractivity (Wildman–Crippen MR) is 117 cm³/mol. The number of nitrogens with zero attached hydrogens (tertiary/aromatic N) is 6. The van der Waals surface area contributed by atoms with Gasteiger partial charge in [0.05, 0.1) is 6.33 Å². The molecule has 9 heteroatoms. The van der Waals surface area contributed by atoms with Gasteiger partial charge in [0, 0.05) is 13.1 Å². The number of hydrogen-bond donors (Lipinski definition) is 2. The Kier molecular flexibility index (Phi) is 5.22. The van der Waals surface area contributed by atoms with Gasteiger partial charge in [0.1, 0.15) is 11.8 Å². The number of rotatable bonds is 5. The SMILES string of the molecule is O=C(Nc1ncnc2nc[nH]c12)c1ccc(N2CCC(Cc3ccccc3)CC2)nn1. The maximum Gasteiger partial charge on any atom is 0.277 e. The molecule has 4 aromatic rings. The second-order valence-corrected chi connectivity index (χ2v) is 7.67. The average molecular weight is 414 g/mol. The number of nitrogens with one attached hydrogen (secondary N) is 2. The van der Waals surface area contributed by atoms with Gasteiger partial charge in [-0.3, -0.25) is 4.79 Å². The lowest BCUT2D eigenvalue weighted by molar-refractivity contribution is 0.102. The Balaban J connectivity index is 1.19. The first-order valence-corrected chi connectivity index (χ1v) is 10.3. The molecule has 1 aromatic carbocycles. The Hall–Kier alpha value is -3.88. The monoisotopic (exact) mass is 414 g/mol. The third kappa shape index (κ3) is 4.20.